The Hall–Kier alpha value is -2.36. The molecule has 128 valence electrons. The average molecular weight is 326 g/mol. The lowest BCUT2D eigenvalue weighted by molar-refractivity contribution is -0.123. The van der Waals surface area contributed by atoms with E-state index >= 15 is 0 Å². The number of nitrogens with zero attached hydrogens (tertiary/aromatic N) is 1. The van der Waals surface area contributed by atoms with Crippen LogP contribution in [-0.2, 0) is 11.3 Å². The molecule has 0 bridgehead atoms. The third-order valence-electron chi connectivity index (χ3n) is 4.43. The minimum Gasteiger partial charge on any atom is -0.355 e. The molecule has 2 atom stereocenters. The van der Waals surface area contributed by atoms with Gasteiger partial charge in [-0.1, -0.05) is 56.7 Å². The summed E-state index contributed by atoms with van der Waals surface area (Å²) in [6.07, 6.45) is 3.46. The maximum atomic E-state index is 12.6. The van der Waals surface area contributed by atoms with Crippen molar-refractivity contribution in [1.82, 2.24) is 9.88 Å². The van der Waals surface area contributed by atoms with Crippen molar-refractivity contribution in [3.63, 3.8) is 0 Å². The van der Waals surface area contributed by atoms with Crippen molar-refractivity contribution in [2.45, 2.75) is 39.2 Å². The number of nitrogens with one attached hydrogen (secondary N) is 1. The van der Waals surface area contributed by atoms with Crippen molar-refractivity contribution in [3.05, 3.63) is 70.6 Å². The fraction of sp³-hybridized carbons (Fsp3) is 0.400. The normalized spacial score (nSPS) is 13.2. The zero-order chi connectivity index (χ0) is 17.4. The molecule has 0 unspecified atom stereocenters. The summed E-state index contributed by atoms with van der Waals surface area (Å²) < 4.78 is 1.66. The molecule has 2 aromatic rings. The standard InChI is InChI=1S/C20H26N2O2/c1-3-16(2)19(17-10-5-4-6-11-17)20(24)21-13-9-15-22-14-8-7-12-18(22)23/h4-8,10-12,14,16,19H,3,9,13,15H2,1-2H3,(H,21,24)/t16-,19-/m1/s1. The summed E-state index contributed by atoms with van der Waals surface area (Å²) in [7, 11) is 0. The molecule has 0 saturated heterocycles. The number of rotatable bonds is 8. The van der Waals surface area contributed by atoms with Crippen molar-refractivity contribution in [3.8, 4) is 0 Å². The van der Waals surface area contributed by atoms with E-state index in [-0.39, 0.29) is 23.3 Å². The van der Waals surface area contributed by atoms with Gasteiger partial charge in [-0.25, -0.2) is 0 Å². The van der Waals surface area contributed by atoms with Gasteiger partial charge in [0.05, 0.1) is 5.92 Å². The van der Waals surface area contributed by atoms with Crippen molar-refractivity contribution in [2.24, 2.45) is 5.92 Å². The van der Waals surface area contributed by atoms with Crippen LogP contribution in [0.4, 0.5) is 0 Å². The van der Waals surface area contributed by atoms with Gasteiger partial charge in [-0.3, -0.25) is 9.59 Å². The minimum absolute atomic E-state index is 0.00871. The fourth-order valence-corrected chi connectivity index (χ4v) is 2.85. The molecule has 1 amide bonds. The first-order valence-electron chi connectivity index (χ1n) is 8.61. The molecule has 0 saturated carbocycles. The van der Waals surface area contributed by atoms with Gasteiger partial charge in [0, 0.05) is 25.4 Å². The van der Waals surface area contributed by atoms with E-state index in [2.05, 4.69) is 19.2 Å². The molecule has 0 radical (unpaired) electrons. The SMILES string of the molecule is CC[C@@H](C)[C@@H](C(=O)NCCCn1ccccc1=O)c1ccccc1. The van der Waals surface area contributed by atoms with Crippen molar-refractivity contribution in [1.29, 1.82) is 0 Å². The van der Waals surface area contributed by atoms with Crippen LogP contribution in [0.15, 0.2) is 59.5 Å². The van der Waals surface area contributed by atoms with Gasteiger partial charge in [-0.15, -0.1) is 0 Å². The van der Waals surface area contributed by atoms with E-state index in [1.54, 1.807) is 22.9 Å². The van der Waals surface area contributed by atoms with Crippen molar-refractivity contribution >= 4 is 5.91 Å². The van der Waals surface area contributed by atoms with Crippen LogP contribution < -0.4 is 10.9 Å². The first-order valence-corrected chi connectivity index (χ1v) is 8.61. The molecule has 24 heavy (non-hydrogen) atoms. The van der Waals surface area contributed by atoms with Crippen LogP contribution in [0.1, 0.15) is 38.2 Å². The Balaban J connectivity index is 1.91. The zero-order valence-corrected chi connectivity index (χ0v) is 14.4. The quantitative estimate of drug-likeness (QED) is 0.758. The summed E-state index contributed by atoms with van der Waals surface area (Å²) >= 11 is 0. The van der Waals surface area contributed by atoms with Gasteiger partial charge >= 0.3 is 0 Å². The predicted octanol–water partition coefficient (Wildman–Crippen LogP) is 3.18. The first kappa shape index (κ1) is 18.0. The number of benzene rings is 1. The summed E-state index contributed by atoms with van der Waals surface area (Å²) in [5.41, 5.74) is 1.05. The molecule has 1 heterocycles. The molecular weight excluding hydrogens is 300 g/mol. The van der Waals surface area contributed by atoms with E-state index < -0.39 is 0 Å². The van der Waals surface area contributed by atoms with Gasteiger partial charge in [-0.05, 0) is 24.0 Å². The molecule has 0 aliphatic rings. The second-order valence-electron chi connectivity index (χ2n) is 6.15. The summed E-state index contributed by atoms with van der Waals surface area (Å²) in [5, 5.41) is 3.03. The Morgan fingerprint density at radius 3 is 2.50 bits per heavy atom. The molecule has 1 aromatic carbocycles. The van der Waals surface area contributed by atoms with E-state index in [0.29, 0.717) is 13.1 Å². The number of carbonyl (C=O) groups excluding carboxylic acids is 1. The number of hydrogen-bond acceptors (Lipinski definition) is 2. The monoisotopic (exact) mass is 326 g/mol. The number of hydrogen-bond donors (Lipinski definition) is 1. The van der Waals surface area contributed by atoms with Crippen LogP contribution in [0.2, 0.25) is 0 Å². The molecule has 0 spiro atoms. The zero-order valence-electron chi connectivity index (χ0n) is 14.4. The maximum absolute atomic E-state index is 12.6. The lowest BCUT2D eigenvalue weighted by atomic mass is 9.85. The second kappa shape index (κ2) is 9.06. The van der Waals surface area contributed by atoms with Crippen LogP contribution in [0, 0.1) is 5.92 Å². The Labute approximate surface area is 143 Å². The van der Waals surface area contributed by atoms with Gasteiger partial charge in [0.25, 0.3) is 0 Å². The summed E-state index contributed by atoms with van der Waals surface area (Å²) in [4.78, 5) is 24.3. The second-order valence-corrected chi connectivity index (χ2v) is 6.15. The third-order valence-corrected chi connectivity index (χ3v) is 4.43. The predicted molar refractivity (Wildman–Crippen MR) is 97.0 cm³/mol. The van der Waals surface area contributed by atoms with Gasteiger partial charge in [0.2, 0.25) is 11.5 Å². The Kier molecular flexibility index (Phi) is 6.79. The first-order chi connectivity index (χ1) is 11.6. The van der Waals surface area contributed by atoms with Crippen LogP contribution in [0.25, 0.3) is 0 Å². The van der Waals surface area contributed by atoms with Crippen molar-refractivity contribution in [2.75, 3.05) is 6.54 Å². The summed E-state index contributed by atoms with van der Waals surface area (Å²) in [5.74, 6) is 0.218. The fourth-order valence-electron chi connectivity index (χ4n) is 2.85. The largest absolute Gasteiger partial charge is 0.355 e. The molecule has 0 aliphatic heterocycles. The number of amides is 1. The van der Waals surface area contributed by atoms with Crippen LogP contribution in [-0.4, -0.2) is 17.0 Å². The highest BCUT2D eigenvalue weighted by Gasteiger charge is 2.25. The third kappa shape index (κ3) is 4.82. The maximum Gasteiger partial charge on any atom is 0.250 e. The number of aryl methyl sites for hydroxylation is 1. The summed E-state index contributed by atoms with van der Waals surface area (Å²) in [6.45, 7) is 5.40. The van der Waals surface area contributed by atoms with E-state index in [9.17, 15) is 9.59 Å². The van der Waals surface area contributed by atoms with Gasteiger partial charge in [-0.2, -0.15) is 0 Å². The van der Waals surface area contributed by atoms with Gasteiger partial charge in [0.15, 0.2) is 0 Å². The minimum atomic E-state index is -0.129. The topological polar surface area (TPSA) is 51.1 Å². The van der Waals surface area contributed by atoms with Crippen LogP contribution >= 0.6 is 0 Å². The number of aromatic nitrogens is 1. The summed E-state index contributed by atoms with van der Waals surface area (Å²) in [6, 6.07) is 15.1. The molecule has 1 N–H and O–H groups in total. The number of pyridine rings is 1. The smallest absolute Gasteiger partial charge is 0.250 e. The van der Waals surface area contributed by atoms with Crippen LogP contribution in [0.5, 0.6) is 0 Å². The lowest BCUT2D eigenvalue weighted by Crippen LogP contribution is -2.34. The van der Waals surface area contributed by atoms with Gasteiger partial charge < -0.3 is 9.88 Å². The molecule has 2 rings (SSSR count). The van der Waals surface area contributed by atoms with E-state index in [0.717, 1.165) is 18.4 Å². The van der Waals surface area contributed by atoms with Crippen molar-refractivity contribution < 1.29 is 4.79 Å². The highest BCUT2D eigenvalue weighted by atomic mass is 16.2. The Morgan fingerprint density at radius 2 is 1.83 bits per heavy atom. The van der Waals surface area contributed by atoms with E-state index in [1.807, 2.05) is 36.4 Å². The Morgan fingerprint density at radius 1 is 1.12 bits per heavy atom. The van der Waals surface area contributed by atoms with E-state index in [1.165, 1.54) is 0 Å². The Bertz CT molecular complexity index is 694. The van der Waals surface area contributed by atoms with Gasteiger partial charge in [0.1, 0.15) is 0 Å². The highest BCUT2D eigenvalue weighted by Crippen LogP contribution is 2.27. The molecule has 4 nitrogen and oxygen atoms in total. The molecule has 4 heteroatoms. The molecule has 0 aliphatic carbocycles. The number of carbonyl (C=O) groups is 1. The molecule has 0 fully saturated rings. The lowest BCUT2D eigenvalue weighted by Gasteiger charge is -2.22. The average Bonchev–Trinajstić information content (AvgIpc) is 2.61. The molecule has 1 aromatic heterocycles. The molecular formula is C20H26N2O2. The van der Waals surface area contributed by atoms with Crippen LogP contribution in [0.3, 0.4) is 0 Å². The highest BCUT2D eigenvalue weighted by molar-refractivity contribution is 5.83. The van der Waals surface area contributed by atoms with E-state index in [4.69, 9.17) is 0 Å².